The summed E-state index contributed by atoms with van der Waals surface area (Å²) < 4.78 is 77.8. The van der Waals surface area contributed by atoms with E-state index < -0.39 is 47.3 Å². The molecule has 1 saturated heterocycles. The monoisotopic (exact) mass is 534 g/mol. The highest BCUT2D eigenvalue weighted by molar-refractivity contribution is 6.34. The molecule has 0 saturated carbocycles. The minimum absolute atomic E-state index is 0.0635. The van der Waals surface area contributed by atoms with Crippen molar-refractivity contribution in [2.75, 3.05) is 43.7 Å². The number of ether oxygens (including phenoxy) is 2. The zero-order valence-electron chi connectivity index (χ0n) is 18.7. The maximum Gasteiger partial charge on any atom is 0.422 e. The highest BCUT2D eigenvalue weighted by atomic mass is 35.5. The van der Waals surface area contributed by atoms with Crippen LogP contribution >= 0.6 is 11.6 Å². The van der Waals surface area contributed by atoms with Crippen LogP contribution in [0.5, 0.6) is 5.75 Å². The van der Waals surface area contributed by atoms with Crippen molar-refractivity contribution in [1.29, 1.82) is 0 Å². The maximum atomic E-state index is 15.0. The van der Waals surface area contributed by atoms with E-state index in [0.29, 0.717) is 32.0 Å². The van der Waals surface area contributed by atoms with E-state index in [1.807, 2.05) is 0 Å². The number of nitrogens with zero attached hydrogens (tertiary/aromatic N) is 3. The second-order valence-corrected chi connectivity index (χ2v) is 7.91. The number of alkyl halides is 3. The van der Waals surface area contributed by atoms with Gasteiger partial charge in [-0.25, -0.2) is 8.78 Å². The van der Waals surface area contributed by atoms with Gasteiger partial charge in [-0.2, -0.15) is 18.3 Å². The second kappa shape index (κ2) is 11.5. The molecule has 0 aliphatic carbocycles. The average Bonchev–Trinajstić information content (AvgIpc) is 3.04. The van der Waals surface area contributed by atoms with Gasteiger partial charge in [0.1, 0.15) is 24.0 Å². The summed E-state index contributed by atoms with van der Waals surface area (Å²) in [5.41, 5.74) is -1.45. The third-order valence-corrected chi connectivity index (χ3v) is 5.19. The number of amidine groups is 1. The molecule has 2 amide bonds. The Bertz CT molecular complexity index is 1140. The highest BCUT2D eigenvalue weighted by Crippen LogP contribution is 2.32. The molecule has 8 nitrogen and oxygen atoms in total. The zero-order valence-corrected chi connectivity index (χ0v) is 19.5. The number of hydrogen-bond acceptors (Lipinski definition) is 6. The van der Waals surface area contributed by atoms with Crippen molar-refractivity contribution < 1.29 is 41.0 Å². The molecule has 36 heavy (non-hydrogen) atoms. The lowest BCUT2D eigenvalue weighted by atomic mass is 10.1. The Morgan fingerprint density at radius 2 is 2.06 bits per heavy atom. The minimum atomic E-state index is -4.77. The fraction of sp³-hybridized carbons (Fsp3) is 0.318. The smallest absolute Gasteiger partial charge is 0.422 e. The first-order valence-corrected chi connectivity index (χ1v) is 10.8. The first kappa shape index (κ1) is 27.1. The van der Waals surface area contributed by atoms with Crippen LogP contribution in [0.4, 0.5) is 33.3 Å². The van der Waals surface area contributed by atoms with Gasteiger partial charge in [0, 0.05) is 26.3 Å². The lowest BCUT2D eigenvalue weighted by molar-refractivity contribution is -0.153. The molecule has 14 heteroatoms. The molecular weight excluding hydrogens is 515 g/mol. The number of halogens is 6. The fourth-order valence-corrected chi connectivity index (χ4v) is 3.39. The van der Waals surface area contributed by atoms with Gasteiger partial charge in [0.2, 0.25) is 6.41 Å². The Hall–Kier alpha value is -3.45. The van der Waals surface area contributed by atoms with Crippen molar-refractivity contribution in [3.63, 3.8) is 0 Å². The largest absolute Gasteiger partial charge is 0.483 e. The van der Waals surface area contributed by atoms with E-state index in [0.717, 1.165) is 17.1 Å². The summed E-state index contributed by atoms with van der Waals surface area (Å²) in [5.74, 6) is -3.64. The van der Waals surface area contributed by atoms with Crippen molar-refractivity contribution in [2.24, 2.45) is 5.10 Å². The molecule has 0 aromatic heterocycles. The number of amides is 2. The van der Waals surface area contributed by atoms with Crippen molar-refractivity contribution in [1.82, 2.24) is 4.90 Å². The normalized spacial score (nSPS) is 15.4. The Balaban J connectivity index is 1.99. The van der Waals surface area contributed by atoms with Crippen LogP contribution in [0.2, 0.25) is 5.02 Å². The number of hydrogen-bond donors (Lipinski definition) is 1. The third-order valence-electron chi connectivity index (χ3n) is 4.88. The van der Waals surface area contributed by atoms with Crippen LogP contribution in [0, 0.1) is 11.6 Å². The lowest BCUT2D eigenvalue weighted by Gasteiger charge is -2.22. The van der Waals surface area contributed by atoms with Crippen LogP contribution in [-0.4, -0.2) is 62.6 Å². The lowest BCUT2D eigenvalue weighted by Crippen LogP contribution is -2.34. The minimum Gasteiger partial charge on any atom is -0.483 e. The molecule has 3 rings (SSSR count). The molecule has 0 radical (unpaired) electrons. The molecule has 0 bridgehead atoms. The first-order chi connectivity index (χ1) is 17.0. The van der Waals surface area contributed by atoms with Gasteiger partial charge in [-0.15, -0.1) is 0 Å². The van der Waals surface area contributed by atoms with Crippen LogP contribution < -0.4 is 15.1 Å². The molecule has 1 fully saturated rings. The van der Waals surface area contributed by atoms with Gasteiger partial charge >= 0.3 is 6.18 Å². The number of para-hydroxylation sites is 1. The predicted octanol–water partition coefficient (Wildman–Crippen LogP) is 4.44. The number of nitrogens with one attached hydrogen (secondary N) is 1. The van der Waals surface area contributed by atoms with Crippen LogP contribution in [0.1, 0.15) is 16.8 Å². The molecule has 1 heterocycles. The van der Waals surface area contributed by atoms with Gasteiger partial charge in [-0.3, -0.25) is 19.5 Å². The summed E-state index contributed by atoms with van der Waals surface area (Å²) in [7, 11) is 1.28. The average molecular weight is 535 g/mol. The zero-order chi connectivity index (χ0) is 26.5. The van der Waals surface area contributed by atoms with Gasteiger partial charge in [0.15, 0.2) is 12.4 Å². The van der Waals surface area contributed by atoms with Crippen molar-refractivity contribution in [3.05, 3.63) is 52.6 Å². The van der Waals surface area contributed by atoms with E-state index in [9.17, 15) is 27.2 Å². The number of carbonyl (C=O) groups is 2. The summed E-state index contributed by atoms with van der Waals surface area (Å²) in [6.07, 6.45) is -3.70. The van der Waals surface area contributed by atoms with Crippen molar-refractivity contribution in [3.8, 4) is 5.75 Å². The summed E-state index contributed by atoms with van der Waals surface area (Å²) in [6, 6.07) is 5.02. The molecule has 1 N–H and O–H groups in total. The van der Waals surface area contributed by atoms with Gasteiger partial charge < -0.3 is 14.8 Å². The first-order valence-electron chi connectivity index (χ1n) is 10.4. The topological polar surface area (TPSA) is 83.5 Å². The molecule has 0 atom stereocenters. The number of anilines is 2. The third kappa shape index (κ3) is 6.82. The van der Waals surface area contributed by atoms with E-state index in [1.165, 1.54) is 24.1 Å². The van der Waals surface area contributed by atoms with Gasteiger partial charge in [-0.1, -0.05) is 17.7 Å². The van der Waals surface area contributed by atoms with Crippen LogP contribution in [0.15, 0.2) is 35.4 Å². The SMILES string of the molecule is CN(/N=C1/COCCCN1C=O)c1cc(OCC(F)(F)F)c(C(=O)Nc2c(F)cccc2Cl)cc1F. The fourth-order valence-electron chi connectivity index (χ4n) is 3.18. The summed E-state index contributed by atoms with van der Waals surface area (Å²) in [6.45, 7) is -1.18. The molecule has 0 unspecified atom stereocenters. The summed E-state index contributed by atoms with van der Waals surface area (Å²) in [5, 5.41) is 7.03. The molecule has 2 aromatic rings. The number of carbonyl (C=O) groups excluding carboxylic acids is 2. The van der Waals surface area contributed by atoms with Gasteiger partial charge in [-0.05, 0) is 24.6 Å². The molecule has 194 valence electrons. The molecular formula is C22H20ClF5N4O4. The molecule has 0 spiro atoms. The highest BCUT2D eigenvalue weighted by Gasteiger charge is 2.30. The predicted molar refractivity (Wildman–Crippen MR) is 121 cm³/mol. The van der Waals surface area contributed by atoms with Crippen molar-refractivity contribution in [2.45, 2.75) is 12.6 Å². The van der Waals surface area contributed by atoms with Crippen molar-refractivity contribution >= 4 is 41.1 Å². The molecule has 1 aliphatic rings. The maximum absolute atomic E-state index is 15.0. The van der Waals surface area contributed by atoms with E-state index in [-0.39, 0.29) is 23.2 Å². The second-order valence-electron chi connectivity index (χ2n) is 7.50. The summed E-state index contributed by atoms with van der Waals surface area (Å²) in [4.78, 5) is 25.4. The quantitative estimate of drug-likeness (QED) is 0.323. The Kier molecular flexibility index (Phi) is 8.69. The molecule has 1 aliphatic heterocycles. The standard InChI is InChI=1S/C22H20ClF5N4O4/c1-31(30-19-10-35-7-3-6-32(19)12-33)17-9-18(36-11-22(26,27)28)13(8-16(17)25)21(34)29-20-14(23)4-2-5-15(20)24/h2,4-5,8-9,12H,3,6-7,10-11H2,1H3,(H,29,34)/b30-19-. The number of hydrazone groups is 1. The van der Waals surface area contributed by atoms with E-state index in [4.69, 9.17) is 21.1 Å². The van der Waals surface area contributed by atoms with E-state index in [1.54, 1.807) is 0 Å². The van der Waals surface area contributed by atoms with Crippen LogP contribution in [0.25, 0.3) is 0 Å². The number of benzene rings is 2. The Morgan fingerprint density at radius 3 is 2.72 bits per heavy atom. The van der Waals surface area contributed by atoms with E-state index in [2.05, 4.69) is 10.4 Å². The Labute approximate surface area is 207 Å². The van der Waals surface area contributed by atoms with Gasteiger partial charge in [0.05, 0.1) is 22.0 Å². The van der Waals surface area contributed by atoms with Crippen LogP contribution in [-0.2, 0) is 9.53 Å². The van der Waals surface area contributed by atoms with Crippen LogP contribution in [0.3, 0.4) is 0 Å². The summed E-state index contributed by atoms with van der Waals surface area (Å²) >= 11 is 5.88. The molecule has 2 aromatic carbocycles. The van der Waals surface area contributed by atoms with Gasteiger partial charge in [0.25, 0.3) is 5.91 Å². The number of rotatable bonds is 7. The Morgan fingerprint density at radius 1 is 1.31 bits per heavy atom. The van der Waals surface area contributed by atoms with E-state index >= 15 is 4.39 Å².